The second-order valence-corrected chi connectivity index (χ2v) is 4.08. The van der Waals surface area contributed by atoms with Crippen LogP contribution in [0.1, 0.15) is 15.9 Å². The van der Waals surface area contributed by atoms with E-state index in [2.05, 4.69) is 10.2 Å². The van der Waals surface area contributed by atoms with Gasteiger partial charge in [-0.1, -0.05) is 0 Å². The van der Waals surface area contributed by atoms with Crippen LogP contribution in [-0.2, 0) is 4.74 Å². The molecule has 0 saturated carbocycles. The number of hydrogen-bond donors (Lipinski definition) is 1. The lowest BCUT2D eigenvalue weighted by Crippen LogP contribution is -2.15. The first-order valence-corrected chi connectivity index (χ1v) is 4.65. The topological polar surface area (TPSA) is 55.2 Å². The van der Waals surface area contributed by atoms with E-state index >= 15 is 0 Å². The highest BCUT2D eigenvalue weighted by Crippen LogP contribution is 2.27. The van der Waals surface area contributed by atoms with E-state index in [1.807, 2.05) is 6.92 Å². The highest BCUT2D eigenvalue weighted by atomic mass is 32.1. The first-order chi connectivity index (χ1) is 5.77. The summed E-state index contributed by atoms with van der Waals surface area (Å²) in [6.45, 7) is 2.89. The molecule has 1 saturated heterocycles. The first kappa shape index (κ1) is 8.10. The molecule has 0 spiro atoms. The summed E-state index contributed by atoms with van der Waals surface area (Å²) in [4.78, 5) is 0. The van der Waals surface area contributed by atoms with Crippen molar-refractivity contribution >= 4 is 11.3 Å². The highest BCUT2D eigenvalue weighted by Gasteiger charge is 2.30. The van der Waals surface area contributed by atoms with Gasteiger partial charge >= 0.3 is 0 Å². The normalized spacial score (nSPS) is 29.5. The van der Waals surface area contributed by atoms with Crippen LogP contribution in [0.2, 0.25) is 0 Å². The number of aromatic nitrogens is 2. The lowest BCUT2D eigenvalue weighted by atomic mass is 10.1. The molecule has 2 heterocycles. The lowest BCUT2D eigenvalue weighted by molar-refractivity contribution is 0.124. The van der Waals surface area contributed by atoms with Crippen molar-refractivity contribution in [2.45, 2.75) is 18.9 Å². The monoisotopic (exact) mass is 186 g/mol. The standard InChI is InChI=1S/C7H10N2O2S/c1-4-8-9-7(12-4)5-2-11-3-6(5)10/h5-6,10H,2-3H2,1H3/t5-,6-/m1/s1. The Morgan fingerprint density at radius 1 is 1.50 bits per heavy atom. The van der Waals surface area contributed by atoms with Gasteiger partial charge in [0, 0.05) is 0 Å². The fraction of sp³-hybridized carbons (Fsp3) is 0.714. The fourth-order valence-electron chi connectivity index (χ4n) is 1.24. The van der Waals surface area contributed by atoms with Gasteiger partial charge in [0.15, 0.2) is 0 Å². The van der Waals surface area contributed by atoms with Crippen molar-refractivity contribution in [3.8, 4) is 0 Å². The first-order valence-electron chi connectivity index (χ1n) is 3.83. The van der Waals surface area contributed by atoms with Gasteiger partial charge in [0.25, 0.3) is 0 Å². The van der Waals surface area contributed by atoms with E-state index in [1.165, 1.54) is 11.3 Å². The third kappa shape index (κ3) is 1.35. The van der Waals surface area contributed by atoms with Gasteiger partial charge in [-0.2, -0.15) is 0 Å². The minimum Gasteiger partial charge on any atom is -0.390 e. The maximum atomic E-state index is 9.47. The molecule has 5 heteroatoms. The van der Waals surface area contributed by atoms with Gasteiger partial charge in [-0.3, -0.25) is 0 Å². The minimum atomic E-state index is -0.405. The van der Waals surface area contributed by atoms with Crippen LogP contribution in [0.3, 0.4) is 0 Å². The van der Waals surface area contributed by atoms with Crippen molar-refractivity contribution in [3.63, 3.8) is 0 Å². The van der Waals surface area contributed by atoms with E-state index in [4.69, 9.17) is 4.74 Å². The van der Waals surface area contributed by atoms with E-state index in [0.29, 0.717) is 13.2 Å². The summed E-state index contributed by atoms with van der Waals surface area (Å²) in [5, 5.41) is 19.2. The second-order valence-electron chi connectivity index (χ2n) is 2.87. The summed E-state index contributed by atoms with van der Waals surface area (Å²) in [5.74, 6) is 0.0381. The highest BCUT2D eigenvalue weighted by molar-refractivity contribution is 7.11. The molecule has 0 radical (unpaired) electrons. The number of aliphatic hydroxyl groups is 1. The molecule has 0 aromatic carbocycles. The lowest BCUT2D eigenvalue weighted by Gasteiger charge is -2.06. The molecule has 0 bridgehead atoms. The molecule has 1 aliphatic rings. The molecule has 1 fully saturated rings. The van der Waals surface area contributed by atoms with Gasteiger partial charge in [-0.05, 0) is 6.92 Å². The van der Waals surface area contributed by atoms with Gasteiger partial charge in [0.1, 0.15) is 10.0 Å². The molecule has 1 aromatic rings. The van der Waals surface area contributed by atoms with Crippen molar-refractivity contribution in [2.24, 2.45) is 0 Å². The Bertz CT molecular complexity index is 276. The van der Waals surface area contributed by atoms with Crippen LogP contribution in [0.5, 0.6) is 0 Å². The number of rotatable bonds is 1. The third-order valence-electron chi connectivity index (χ3n) is 1.91. The van der Waals surface area contributed by atoms with E-state index in [9.17, 15) is 5.11 Å². The van der Waals surface area contributed by atoms with E-state index in [1.54, 1.807) is 0 Å². The molecule has 0 unspecified atom stereocenters. The molecule has 2 rings (SSSR count). The third-order valence-corrected chi connectivity index (χ3v) is 2.88. The Morgan fingerprint density at radius 2 is 2.33 bits per heavy atom. The van der Waals surface area contributed by atoms with Gasteiger partial charge in [-0.25, -0.2) is 0 Å². The molecule has 2 atom stereocenters. The largest absolute Gasteiger partial charge is 0.390 e. The predicted molar refractivity (Wildman–Crippen MR) is 44.2 cm³/mol. The number of aryl methyl sites for hydroxylation is 1. The number of aliphatic hydroxyl groups excluding tert-OH is 1. The van der Waals surface area contributed by atoms with Crippen LogP contribution in [0.25, 0.3) is 0 Å². The summed E-state index contributed by atoms with van der Waals surface area (Å²) in [7, 11) is 0. The van der Waals surface area contributed by atoms with Crippen molar-refractivity contribution in [2.75, 3.05) is 13.2 Å². The molecule has 1 N–H and O–H groups in total. The van der Waals surface area contributed by atoms with Crippen LogP contribution in [-0.4, -0.2) is 34.6 Å². The average Bonchev–Trinajstić information content (AvgIpc) is 2.58. The summed E-state index contributed by atoms with van der Waals surface area (Å²) < 4.78 is 5.12. The van der Waals surface area contributed by atoms with E-state index in [0.717, 1.165) is 10.0 Å². The summed E-state index contributed by atoms with van der Waals surface area (Å²) in [5.41, 5.74) is 0. The van der Waals surface area contributed by atoms with E-state index < -0.39 is 6.10 Å². The van der Waals surface area contributed by atoms with Gasteiger partial charge in [-0.15, -0.1) is 21.5 Å². The Morgan fingerprint density at radius 3 is 2.83 bits per heavy atom. The van der Waals surface area contributed by atoms with Crippen LogP contribution in [0.4, 0.5) is 0 Å². The zero-order chi connectivity index (χ0) is 8.55. The van der Waals surface area contributed by atoms with Crippen molar-refractivity contribution in [1.29, 1.82) is 0 Å². The fourth-order valence-corrected chi connectivity index (χ4v) is 2.08. The second kappa shape index (κ2) is 3.08. The van der Waals surface area contributed by atoms with Crippen LogP contribution >= 0.6 is 11.3 Å². The molecular weight excluding hydrogens is 176 g/mol. The molecule has 1 aliphatic heterocycles. The maximum absolute atomic E-state index is 9.47. The molecular formula is C7H10N2O2S. The van der Waals surface area contributed by atoms with Crippen LogP contribution in [0.15, 0.2) is 0 Å². The molecule has 0 aliphatic carbocycles. The van der Waals surface area contributed by atoms with Crippen molar-refractivity contribution in [1.82, 2.24) is 10.2 Å². The number of hydrogen-bond acceptors (Lipinski definition) is 5. The quantitative estimate of drug-likeness (QED) is 0.686. The molecule has 1 aromatic heterocycles. The Hall–Kier alpha value is -0.520. The van der Waals surface area contributed by atoms with Crippen molar-refractivity contribution < 1.29 is 9.84 Å². The number of nitrogens with zero attached hydrogens (tertiary/aromatic N) is 2. The molecule has 66 valence electrons. The smallest absolute Gasteiger partial charge is 0.125 e. The summed E-state index contributed by atoms with van der Waals surface area (Å²) >= 11 is 1.53. The van der Waals surface area contributed by atoms with E-state index in [-0.39, 0.29) is 5.92 Å². The molecule has 0 amide bonds. The Labute approximate surface area is 74.2 Å². The van der Waals surface area contributed by atoms with Gasteiger partial charge < -0.3 is 9.84 Å². The molecule has 4 nitrogen and oxygen atoms in total. The van der Waals surface area contributed by atoms with Gasteiger partial charge in [0.05, 0.1) is 25.2 Å². The van der Waals surface area contributed by atoms with Crippen molar-refractivity contribution in [3.05, 3.63) is 10.0 Å². The maximum Gasteiger partial charge on any atom is 0.125 e. The number of ether oxygens (including phenoxy) is 1. The zero-order valence-electron chi connectivity index (χ0n) is 6.73. The zero-order valence-corrected chi connectivity index (χ0v) is 7.54. The molecule has 12 heavy (non-hydrogen) atoms. The Balaban J connectivity index is 2.19. The SMILES string of the molecule is Cc1nnc([C@@H]2COC[C@H]2O)s1. The van der Waals surface area contributed by atoms with Crippen LogP contribution < -0.4 is 0 Å². The average molecular weight is 186 g/mol. The van der Waals surface area contributed by atoms with Gasteiger partial charge in [0.2, 0.25) is 0 Å². The van der Waals surface area contributed by atoms with Crippen LogP contribution in [0, 0.1) is 6.92 Å². The summed E-state index contributed by atoms with van der Waals surface area (Å²) in [6, 6.07) is 0. The predicted octanol–water partition coefficient (Wildman–Crippen LogP) is 0.321. The minimum absolute atomic E-state index is 0.0381. The Kier molecular flexibility index (Phi) is 2.08. The summed E-state index contributed by atoms with van der Waals surface area (Å²) in [6.07, 6.45) is -0.405.